The molecule has 0 aliphatic carbocycles. The molecule has 3 heterocycles. The van der Waals surface area contributed by atoms with Gasteiger partial charge in [-0.25, -0.2) is 4.79 Å². The van der Waals surface area contributed by atoms with Gasteiger partial charge in [0.25, 0.3) is 11.8 Å². The molecule has 10 nitrogen and oxygen atoms in total. The standard InChI is InChI=1S/C29H31N5O5/c1-18(35)34-14-11-20(12-15-34)23(26-28(37)33-29(38)32-26)16-31-27(36)21-9-7-19(8-10-21)17-39-25-6-2-5-24-22(25)4-3-13-30-24/h2-10,13,20,23,26H,11-12,14-17H2,1H3,(H,31,36)(H2,32,33,37,38). The van der Waals surface area contributed by atoms with Crippen LogP contribution in [0.4, 0.5) is 4.79 Å². The number of piperidine rings is 1. The highest BCUT2D eigenvalue weighted by atomic mass is 16.5. The van der Waals surface area contributed by atoms with Gasteiger partial charge >= 0.3 is 6.03 Å². The number of amides is 5. The van der Waals surface area contributed by atoms with Crippen LogP contribution in [-0.2, 0) is 16.2 Å². The number of benzene rings is 2. The number of urea groups is 1. The van der Waals surface area contributed by atoms with Gasteiger partial charge in [-0.1, -0.05) is 18.2 Å². The maximum Gasteiger partial charge on any atom is 0.322 e. The normalized spacial score (nSPS) is 18.4. The minimum atomic E-state index is -0.726. The molecule has 0 saturated carbocycles. The Bertz CT molecular complexity index is 1380. The summed E-state index contributed by atoms with van der Waals surface area (Å²) in [6, 6.07) is 15.5. The zero-order valence-electron chi connectivity index (χ0n) is 21.7. The Morgan fingerprint density at radius 2 is 1.85 bits per heavy atom. The van der Waals surface area contributed by atoms with Gasteiger partial charge in [0.15, 0.2) is 0 Å². The Morgan fingerprint density at radius 3 is 2.54 bits per heavy atom. The molecule has 202 valence electrons. The average Bonchev–Trinajstić information content (AvgIpc) is 3.29. The van der Waals surface area contributed by atoms with Crippen molar-refractivity contribution in [3.05, 3.63) is 71.9 Å². The van der Waals surface area contributed by atoms with E-state index in [4.69, 9.17) is 4.74 Å². The number of carbonyl (C=O) groups excluding carboxylic acids is 4. The lowest BCUT2D eigenvalue weighted by atomic mass is 9.79. The Hall–Kier alpha value is -4.47. The molecule has 10 heteroatoms. The molecule has 5 amide bonds. The smallest absolute Gasteiger partial charge is 0.322 e. The van der Waals surface area contributed by atoms with Crippen LogP contribution < -0.4 is 20.7 Å². The van der Waals surface area contributed by atoms with E-state index in [-0.39, 0.29) is 36.1 Å². The highest BCUT2D eigenvalue weighted by Gasteiger charge is 2.41. The monoisotopic (exact) mass is 529 g/mol. The van der Waals surface area contributed by atoms with Gasteiger partial charge in [-0.2, -0.15) is 0 Å². The highest BCUT2D eigenvalue weighted by molar-refractivity contribution is 6.04. The summed E-state index contributed by atoms with van der Waals surface area (Å²) < 4.78 is 6.01. The second kappa shape index (κ2) is 11.5. The van der Waals surface area contributed by atoms with Crippen LogP contribution in [0.1, 0.15) is 35.7 Å². The lowest BCUT2D eigenvalue weighted by Crippen LogP contribution is -2.49. The third-order valence-electron chi connectivity index (χ3n) is 7.54. The van der Waals surface area contributed by atoms with Gasteiger partial charge in [0.1, 0.15) is 18.4 Å². The van der Waals surface area contributed by atoms with Crippen molar-refractivity contribution < 1.29 is 23.9 Å². The Balaban J connectivity index is 1.20. The van der Waals surface area contributed by atoms with Crippen LogP contribution in [0.25, 0.3) is 10.9 Å². The first-order chi connectivity index (χ1) is 18.9. The van der Waals surface area contributed by atoms with E-state index in [1.165, 1.54) is 0 Å². The van der Waals surface area contributed by atoms with Gasteiger partial charge in [0, 0.05) is 49.6 Å². The molecule has 0 bridgehead atoms. The molecule has 2 saturated heterocycles. The van der Waals surface area contributed by atoms with E-state index in [1.54, 1.807) is 30.2 Å². The topological polar surface area (TPSA) is 130 Å². The van der Waals surface area contributed by atoms with Crippen LogP contribution in [0.3, 0.4) is 0 Å². The largest absolute Gasteiger partial charge is 0.488 e. The SMILES string of the molecule is CC(=O)N1CCC(C(CNC(=O)c2ccc(COc3cccc4ncccc34)cc2)C2NC(=O)NC2=O)CC1. The maximum atomic E-state index is 13.0. The van der Waals surface area contributed by atoms with Crippen LogP contribution in [0.15, 0.2) is 60.8 Å². The minimum Gasteiger partial charge on any atom is -0.488 e. The fourth-order valence-corrected chi connectivity index (χ4v) is 5.36. The van der Waals surface area contributed by atoms with Gasteiger partial charge in [-0.15, -0.1) is 0 Å². The molecule has 0 radical (unpaired) electrons. The van der Waals surface area contributed by atoms with E-state index in [9.17, 15) is 19.2 Å². The van der Waals surface area contributed by atoms with Crippen molar-refractivity contribution >= 4 is 34.7 Å². The summed E-state index contributed by atoms with van der Waals surface area (Å²) in [5, 5.41) is 8.87. The number of ether oxygens (including phenoxy) is 1. The van der Waals surface area contributed by atoms with Crippen molar-refractivity contribution in [1.82, 2.24) is 25.8 Å². The zero-order valence-corrected chi connectivity index (χ0v) is 21.7. The summed E-state index contributed by atoms with van der Waals surface area (Å²) in [6.07, 6.45) is 3.14. The fraction of sp³-hybridized carbons (Fsp3) is 0.345. The number of hydrogen-bond donors (Lipinski definition) is 3. The van der Waals surface area contributed by atoms with E-state index in [0.29, 0.717) is 38.1 Å². The molecule has 5 rings (SSSR count). The first-order valence-corrected chi connectivity index (χ1v) is 13.1. The van der Waals surface area contributed by atoms with E-state index < -0.39 is 12.1 Å². The van der Waals surface area contributed by atoms with E-state index >= 15 is 0 Å². The van der Waals surface area contributed by atoms with Crippen LogP contribution in [-0.4, -0.2) is 59.3 Å². The predicted octanol–water partition coefficient (Wildman–Crippen LogP) is 2.63. The van der Waals surface area contributed by atoms with Crippen LogP contribution in [0, 0.1) is 11.8 Å². The molecular weight excluding hydrogens is 498 g/mol. The average molecular weight is 530 g/mol. The Kier molecular flexibility index (Phi) is 7.72. The van der Waals surface area contributed by atoms with Crippen molar-refractivity contribution in [1.29, 1.82) is 0 Å². The highest BCUT2D eigenvalue weighted by Crippen LogP contribution is 2.29. The Morgan fingerprint density at radius 1 is 1.08 bits per heavy atom. The molecular formula is C29H31N5O5. The van der Waals surface area contributed by atoms with Crippen molar-refractivity contribution in [2.24, 2.45) is 11.8 Å². The number of likely N-dealkylation sites (tertiary alicyclic amines) is 1. The van der Waals surface area contributed by atoms with Gasteiger partial charge in [-0.3, -0.25) is 24.7 Å². The fourth-order valence-electron chi connectivity index (χ4n) is 5.36. The number of imide groups is 1. The van der Waals surface area contributed by atoms with Gasteiger partial charge in [0.2, 0.25) is 5.91 Å². The van der Waals surface area contributed by atoms with E-state index in [1.807, 2.05) is 42.5 Å². The number of aromatic nitrogens is 1. The molecule has 2 atom stereocenters. The first-order valence-electron chi connectivity index (χ1n) is 13.1. The van der Waals surface area contributed by atoms with Crippen molar-refractivity contribution in [3.8, 4) is 5.75 Å². The molecule has 2 unspecified atom stereocenters. The number of nitrogens with one attached hydrogen (secondary N) is 3. The number of fused-ring (bicyclic) bond motifs is 1. The summed E-state index contributed by atoms with van der Waals surface area (Å²) in [5.74, 6) is -0.117. The summed E-state index contributed by atoms with van der Waals surface area (Å²) >= 11 is 0. The maximum absolute atomic E-state index is 13.0. The number of nitrogens with zero attached hydrogens (tertiary/aromatic N) is 2. The molecule has 3 N–H and O–H groups in total. The lowest BCUT2D eigenvalue weighted by Gasteiger charge is -2.37. The van der Waals surface area contributed by atoms with Crippen LogP contribution >= 0.6 is 0 Å². The summed E-state index contributed by atoms with van der Waals surface area (Å²) in [7, 11) is 0. The lowest BCUT2D eigenvalue weighted by molar-refractivity contribution is -0.131. The molecule has 0 spiro atoms. The molecule has 2 aliphatic rings. The molecule has 3 aromatic rings. The van der Waals surface area contributed by atoms with Crippen molar-refractivity contribution in [2.75, 3.05) is 19.6 Å². The summed E-state index contributed by atoms with van der Waals surface area (Å²) in [4.78, 5) is 55.1. The van der Waals surface area contributed by atoms with Crippen LogP contribution in [0.2, 0.25) is 0 Å². The van der Waals surface area contributed by atoms with Crippen molar-refractivity contribution in [3.63, 3.8) is 0 Å². The zero-order chi connectivity index (χ0) is 27.4. The van der Waals surface area contributed by atoms with Gasteiger partial charge in [0.05, 0.1) is 5.52 Å². The predicted molar refractivity (Wildman–Crippen MR) is 144 cm³/mol. The van der Waals surface area contributed by atoms with Gasteiger partial charge in [-0.05, 0) is 60.7 Å². The molecule has 2 aromatic carbocycles. The van der Waals surface area contributed by atoms with Gasteiger partial charge < -0.3 is 20.3 Å². The number of pyridine rings is 1. The summed E-state index contributed by atoms with van der Waals surface area (Å²) in [6.45, 7) is 3.29. The first kappa shape index (κ1) is 26.1. The quantitative estimate of drug-likeness (QED) is 0.385. The molecule has 39 heavy (non-hydrogen) atoms. The molecule has 2 fully saturated rings. The minimum absolute atomic E-state index is 0.0215. The second-order valence-corrected chi connectivity index (χ2v) is 9.97. The summed E-state index contributed by atoms with van der Waals surface area (Å²) in [5.41, 5.74) is 2.26. The molecule has 2 aliphatic heterocycles. The number of carbonyl (C=O) groups is 4. The van der Waals surface area contributed by atoms with E-state index in [0.717, 1.165) is 22.2 Å². The van der Waals surface area contributed by atoms with Crippen molar-refractivity contribution in [2.45, 2.75) is 32.4 Å². The van der Waals surface area contributed by atoms with Crippen LogP contribution in [0.5, 0.6) is 5.75 Å². The number of hydrogen-bond acceptors (Lipinski definition) is 6. The van der Waals surface area contributed by atoms with E-state index in [2.05, 4.69) is 20.9 Å². The second-order valence-electron chi connectivity index (χ2n) is 9.97. The Labute approximate surface area is 226 Å². The number of rotatable bonds is 8. The molecule has 1 aromatic heterocycles. The third-order valence-corrected chi connectivity index (χ3v) is 7.54. The third kappa shape index (κ3) is 6.00.